The van der Waals surface area contributed by atoms with Crippen molar-refractivity contribution in [1.29, 1.82) is 0 Å². The quantitative estimate of drug-likeness (QED) is 0.600. The van der Waals surface area contributed by atoms with Crippen LogP contribution in [0.25, 0.3) is 16.9 Å². The van der Waals surface area contributed by atoms with Crippen LogP contribution < -0.4 is 5.32 Å². The molecule has 1 atom stereocenters. The van der Waals surface area contributed by atoms with Crippen molar-refractivity contribution < 1.29 is 26.4 Å². The predicted molar refractivity (Wildman–Crippen MR) is 110 cm³/mol. The number of pyridine rings is 2. The highest BCUT2D eigenvalue weighted by molar-refractivity contribution is 7.90. The van der Waals surface area contributed by atoms with E-state index in [1.54, 1.807) is 24.7 Å². The molecule has 3 aromatic heterocycles. The van der Waals surface area contributed by atoms with Crippen LogP contribution in [0.1, 0.15) is 23.5 Å². The first kappa shape index (κ1) is 21.9. The molecule has 1 N–H and O–H groups in total. The van der Waals surface area contributed by atoms with Crippen LogP contribution >= 0.6 is 0 Å². The van der Waals surface area contributed by atoms with Crippen molar-refractivity contribution in [2.75, 3.05) is 17.3 Å². The van der Waals surface area contributed by atoms with E-state index in [0.29, 0.717) is 17.2 Å². The first-order valence-electron chi connectivity index (χ1n) is 9.55. The van der Waals surface area contributed by atoms with E-state index in [9.17, 15) is 26.4 Å². The van der Waals surface area contributed by atoms with Crippen LogP contribution in [0.4, 0.5) is 19.0 Å². The molecule has 3 aromatic rings. The Kier molecular flexibility index (Phi) is 5.49. The zero-order valence-corrected chi connectivity index (χ0v) is 17.6. The molecular weight excluding hydrogens is 447 g/mol. The molecule has 4 rings (SSSR count). The van der Waals surface area contributed by atoms with E-state index >= 15 is 0 Å². The van der Waals surface area contributed by atoms with E-state index in [4.69, 9.17) is 0 Å². The van der Waals surface area contributed by atoms with Gasteiger partial charge in [-0.2, -0.15) is 18.3 Å². The fourth-order valence-electron chi connectivity index (χ4n) is 3.56. The van der Waals surface area contributed by atoms with E-state index in [1.807, 2.05) is 0 Å². The maximum Gasteiger partial charge on any atom is 0.395 e. The molecule has 1 unspecified atom stereocenters. The average molecular weight is 465 g/mol. The molecule has 0 saturated heterocycles. The molecule has 4 heterocycles. The Morgan fingerprint density at radius 3 is 2.62 bits per heavy atom. The van der Waals surface area contributed by atoms with Gasteiger partial charge in [0.15, 0.2) is 5.82 Å². The lowest BCUT2D eigenvalue weighted by molar-refractivity contribution is -0.150. The number of hydrogen-bond acceptors (Lipinski definition) is 6. The summed E-state index contributed by atoms with van der Waals surface area (Å²) in [6.45, 7) is 0. The SMILES string of the molecule is CS(=O)(=O)CCC(c1ccc(-n2cc(-c3ccnc4c3CC(=O)N4)cn2)nc1)C(F)(F)F. The summed E-state index contributed by atoms with van der Waals surface area (Å²) in [5, 5.41) is 6.90. The maximum absolute atomic E-state index is 13.5. The number of rotatable bonds is 6. The van der Waals surface area contributed by atoms with E-state index in [2.05, 4.69) is 20.4 Å². The van der Waals surface area contributed by atoms with Crippen LogP contribution in [0.5, 0.6) is 0 Å². The fraction of sp³-hybridized carbons (Fsp3) is 0.300. The van der Waals surface area contributed by atoms with Crippen LogP contribution in [0.3, 0.4) is 0 Å². The smallest absolute Gasteiger partial charge is 0.310 e. The van der Waals surface area contributed by atoms with Crippen LogP contribution in [0.15, 0.2) is 43.0 Å². The number of nitrogens with zero attached hydrogens (tertiary/aromatic N) is 4. The first-order chi connectivity index (χ1) is 15.0. The number of carbonyl (C=O) groups is 1. The van der Waals surface area contributed by atoms with E-state index in [0.717, 1.165) is 23.6 Å². The first-order valence-corrected chi connectivity index (χ1v) is 11.6. The molecule has 1 amide bonds. The number of sulfone groups is 1. The lowest BCUT2D eigenvalue weighted by atomic mass is 9.97. The van der Waals surface area contributed by atoms with Crippen LogP contribution in [-0.2, 0) is 21.1 Å². The Morgan fingerprint density at radius 2 is 1.97 bits per heavy atom. The summed E-state index contributed by atoms with van der Waals surface area (Å²) < 4.78 is 64.4. The lowest BCUT2D eigenvalue weighted by Crippen LogP contribution is -2.23. The second kappa shape index (κ2) is 8.01. The Labute approximate surface area is 181 Å². The standard InChI is InChI=1S/C20H18F3N5O3S/c1-32(30,31)7-5-16(20(21,22)23)12-2-3-17(25-9-12)28-11-13(10-26-28)14-4-6-24-19-15(14)8-18(29)27-19/h2-4,6,9-11,16H,5,7-8H2,1H3,(H,24,27,29). The zero-order chi connectivity index (χ0) is 23.1. The van der Waals surface area contributed by atoms with Gasteiger partial charge in [-0.1, -0.05) is 6.07 Å². The Balaban J connectivity index is 1.59. The highest BCUT2D eigenvalue weighted by Crippen LogP contribution is 2.37. The van der Waals surface area contributed by atoms with Gasteiger partial charge in [0.05, 0.1) is 24.3 Å². The number of halogens is 3. The van der Waals surface area contributed by atoms with Gasteiger partial charge in [-0.25, -0.2) is 23.1 Å². The minimum Gasteiger partial charge on any atom is -0.310 e. The molecule has 0 fully saturated rings. The van der Waals surface area contributed by atoms with Gasteiger partial charge in [-0.05, 0) is 29.7 Å². The Hall–Kier alpha value is -3.28. The van der Waals surface area contributed by atoms with Gasteiger partial charge in [0.1, 0.15) is 15.7 Å². The molecule has 0 aromatic carbocycles. The molecule has 32 heavy (non-hydrogen) atoms. The van der Waals surface area contributed by atoms with Gasteiger partial charge in [0.2, 0.25) is 5.91 Å². The van der Waals surface area contributed by atoms with Crippen LogP contribution in [-0.4, -0.2) is 52.3 Å². The Bertz CT molecular complexity index is 1270. The van der Waals surface area contributed by atoms with E-state index < -0.39 is 34.1 Å². The minimum atomic E-state index is -4.60. The van der Waals surface area contributed by atoms with Crippen molar-refractivity contribution in [2.24, 2.45) is 0 Å². The molecule has 1 aliphatic rings. The van der Waals surface area contributed by atoms with Gasteiger partial charge >= 0.3 is 6.18 Å². The summed E-state index contributed by atoms with van der Waals surface area (Å²) in [6, 6.07) is 4.43. The molecular formula is C20H18F3N5O3S. The molecule has 0 radical (unpaired) electrons. The third kappa shape index (κ3) is 4.64. The van der Waals surface area contributed by atoms with Crippen molar-refractivity contribution in [3.05, 3.63) is 54.1 Å². The lowest BCUT2D eigenvalue weighted by Gasteiger charge is -2.20. The summed E-state index contributed by atoms with van der Waals surface area (Å²) in [4.78, 5) is 19.9. The highest BCUT2D eigenvalue weighted by Gasteiger charge is 2.41. The summed E-state index contributed by atoms with van der Waals surface area (Å²) in [5.41, 5.74) is 2.11. The van der Waals surface area contributed by atoms with Crippen molar-refractivity contribution in [3.63, 3.8) is 0 Å². The third-order valence-corrected chi connectivity index (χ3v) is 6.10. The molecule has 0 bridgehead atoms. The summed E-state index contributed by atoms with van der Waals surface area (Å²) >= 11 is 0. The zero-order valence-electron chi connectivity index (χ0n) is 16.8. The molecule has 0 aliphatic carbocycles. The van der Waals surface area contributed by atoms with E-state index in [1.165, 1.54) is 16.8 Å². The number of fused-ring (bicyclic) bond motifs is 1. The normalized spacial score (nSPS) is 14.8. The monoisotopic (exact) mass is 465 g/mol. The Morgan fingerprint density at radius 1 is 1.19 bits per heavy atom. The second-order valence-electron chi connectivity index (χ2n) is 7.55. The predicted octanol–water partition coefficient (Wildman–Crippen LogP) is 2.90. The molecule has 0 saturated carbocycles. The van der Waals surface area contributed by atoms with Gasteiger partial charge < -0.3 is 5.32 Å². The summed E-state index contributed by atoms with van der Waals surface area (Å²) in [7, 11) is -3.53. The highest BCUT2D eigenvalue weighted by atomic mass is 32.2. The largest absolute Gasteiger partial charge is 0.395 e. The third-order valence-electron chi connectivity index (χ3n) is 5.12. The van der Waals surface area contributed by atoms with Gasteiger partial charge in [0.25, 0.3) is 0 Å². The molecule has 1 aliphatic heterocycles. The van der Waals surface area contributed by atoms with Crippen molar-refractivity contribution in [2.45, 2.75) is 24.9 Å². The molecule has 168 valence electrons. The van der Waals surface area contributed by atoms with Gasteiger partial charge in [0, 0.05) is 36.0 Å². The van der Waals surface area contributed by atoms with Gasteiger partial charge in [-0.3, -0.25) is 4.79 Å². The number of alkyl halides is 3. The minimum absolute atomic E-state index is 0.117. The summed E-state index contributed by atoms with van der Waals surface area (Å²) in [5.74, 6) is -1.87. The van der Waals surface area contributed by atoms with Crippen molar-refractivity contribution in [1.82, 2.24) is 19.7 Å². The average Bonchev–Trinajstić information content (AvgIpc) is 3.32. The maximum atomic E-state index is 13.5. The summed E-state index contributed by atoms with van der Waals surface area (Å²) in [6.07, 6.45) is 1.81. The topological polar surface area (TPSA) is 107 Å². The number of hydrogen-bond donors (Lipinski definition) is 1. The number of nitrogens with one attached hydrogen (secondary N) is 1. The second-order valence-corrected chi connectivity index (χ2v) is 9.81. The van der Waals surface area contributed by atoms with E-state index in [-0.39, 0.29) is 17.9 Å². The molecule has 12 heteroatoms. The van der Waals surface area contributed by atoms with Crippen LogP contribution in [0, 0.1) is 0 Å². The van der Waals surface area contributed by atoms with Gasteiger partial charge in [-0.15, -0.1) is 0 Å². The van der Waals surface area contributed by atoms with Crippen LogP contribution in [0.2, 0.25) is 0 Å². The number of carbonyl (C=O) groups excluding carboxylic acids is 1. The fourth-order valence-corrected chi connectivity index (χ4v) is 4.23. The van der Waals surface area contributed by atoms with Crippen molar-refractivity contribution >= 4 is 21.6 Å². The number of amides is 1. The number of anilines is 1. The molecule has 0 spiro atoms. The molecule has 8 nitrogen and oxygen atoms in total. The van der Waals surface area contributed by atoms with Crippen molar-refractivity contribution in [3.8, 4) is 16.9 Å². The number of aromatic nitrogens is 4.